The van der Waals surface area contributed by atoms with Crippen LogP contribution < -0.4 is 21.2 Å². The Morgan fingerprint density at radius 1 is 1.22 bits per heavy atom. The van der Waals surface area contributed by atoms with Gasteiger partial charge in [-0.1, -0.05) is 13.3 Å². The Morgan fingerprint density at radius 3 is 2.78 bits per heavy atom. The van der Waals surface area contributed by atoms with Crippen LogP contribution in [0, 0.1) is 0 Å². The van der Waals surface area contributed by atoms with Crippen LogP contribution in [0.25, 0.3) is 5.65 Å². The first-order chi connectivity index (χ1) is 17.8. The molecule has 4 rings (SSSR count). The number of H-pyrrole nitrogens is 1. The fraction of sp³-hybridized carbons (Fsp3) is 0.480. The zero-order valence-electron chi connectivity index (χ0n) is 21.3. The number of aromatic nitrogens is 4. The number of hydrogen-bond donors (Lipinski definition) is 2. The van der Waals surface area contributed by atoms with Gasteiger partial charge in [-0.05, 0) is 32.4 Å². The molecule has 12 heteroatoms. The second kappa shape index (κ2) is 11.4. The van der Waals surface area contributed by atoms with Crippen molar-refractivity contribution < 1.29 is 19.1 Å². The van der Waals surface area contributed by atoms with Crippen LogP contribution in [0.3, 0.4) is 0 Å². The average molecular weight is 513 g/mol. The Labute approximate surface area is 213 Å². The quantitative estimate of drug-likeness (QED) is 0.288. The zero-order valence-corrected chi connectivity index (χ0v) is 21.3. The van der Waals surface area contributed by atoms with Crippen molar-refractivity contribution in [2.45, 2.75) is 52.7 Å². The van der Waals surface area contributed by atoms with Gasteiger partial charge in [0.25, 0.3) is 5.91 Å². The topological polar surface area (TPSA) is 140 Å². The van der Waals surface area contributed by atoms with Crippen molar-refractivity contribution in [3.8, 4) is 5.75 Å². The second-order valence-corrected chi connectivity index (χ2v) is 9.08. The zero-order chi connectivity index (χ0) is 26.5. The first-order valence-electron chi connectivity index (χ1n) is 12.5. The molecule has 0 saturated heterocycles. The molecule has 3 aromatic rings. The molecule has 1 aliphatic heterocycles. The number of rotatable bonds is 11. The smallest absolute Gasteiger partial charge is 0.347 e. The van der Waals surface area contributed by atoms with Crippen LogP contribution in [0.4, 0.5) is 0 Å². The molecular weight excluding hydrogens is 480 g/mol. The van der Waals surface area contributed by atoms with E-state index in [-0.39, 0.29) is 46.6 Å². The maximum Gasteiger partial charge on any atom is 0.347 e. The van der Waals surface area contributed by atoms with E-state index in [1.54, 1.807) is 11.0 Å². The number of pyridine rings is 2. The molecule has 0 atom stereocenters. The molecule has 0 aliphatic carbocycles. The number of unbranched alkanes of at least 4 members (excludes halogenated alkanes) is 1. The van der Waals surface area contributed by atoms with E-state index in [1.165, 1.54) is 22.7 Å². The van der Waals surface area contributed by atoms with Gasteiger partial charge in [0.15, 0.2) is 17.1 Å². The van der Waals surface area contributed by atoms with Gasteiger partial charge < -0.3 is 24.3 Å². The molecule has 1 aliphatic rings. The lowest BCUT2D eigenvalue weighted by Gasteiger charge is -2.35. The molecular formula is C25H32N6O6. The van der Waals surface area contributed by atoms with Gasteiger partial charge >= 0.3 is 11.7 Å². The lowest BCUT2D eigenvalue weighted by atomic mass is 10.1. The molecule has 0 spiro atoms. The number of esters is 1. The van der Waals surface area contributed by atoms with Crippen LogP contribution in [-0.2, 0) is 17.8 Å². The number of carbonyl (C=O) groups is 2. The summed E-state index contributed by atoms with van der Waals surface area (Å²) in [6.45, 7) is 8.04. The van der Waals surface area contributed by atoms with Crippen LogP contribution >= 0.6 is 0 Å². The standard InChI is InChI=1S/C25H32N6O6/c1-4-5-12-36-21-19(32)14-17(30-11-10-29(16(2)3)23(33)20(21)30)15-26-8-13-37-24(34)18-7-6-9-31-22(18)27-28-25(31)35/h6-7,9,14,16,26H,4-5,8,10-13,15H2,1-3H3,(H,28,35). The summed E-state index contributed by atoms with van der Waals surface area (Å²) < 4.78 is 14.2. The van der Waals surface area contributed by atoms with E-state index >= 15 is 0 Å². The Hall–Kier alpha value is -3.93. The van der Waals surface area contributed by atoms with Crippen LogP contribution in [0.1, 0.15) is 60.2 Å². The molecule has 0 aromatic carbocycles. The minimum Gasteiger partial charge on any atom is -0.487 e. The van der Waals surface area contributed by atoms with Crippen LogP contribution in [0.2, 0.25) is 0 Å². The van der Waals surface area contributed by atoms with Crippen LogP contribution in [0.5, 0.6) is 5.75 Å². The van der Waals surface area contributed by atoms with Crippen molar-refractivity contribution in [2.75, 3.05) is 26.3 Å². The normalized spacial score (nSPS) is 13.3. The van der Waals surface area contributed by atoms with E-state index in [1.807, 2.05) is 25.3 Å². The molecule has 37 heavy (non-hydrogen) atoms. The highest BCUT2D eigenvalue weighted by molar-refractivity contribution is 5.96. The number of aromatic amines is 1. The largest absolute Gasteiger partial charge is 0.487 e. The summed E-state index contributed by atoms with van der Waals surface area (Å²) in [6.07, 6.45) is 3.21. The number of nitrogens with zero attached hydrogens (tertiary/aromatic N) is 4. The summed E-state index contributed by atoms with van der Waals surface area (Å²) in [4.78, 5) is 52.1. The Bertz CT molecular complexity index is 1400. The highest BCUT2D eigenvalue weighted by atomic mass is 16.5. The number of hydrogen-bond acceptors (Lipinski definition) is 8. The van der Waals surface area contributed by atoms with Crippen molar-refractivity contribution >= 4 is 17.5 Å². The second-order valence-electron chi connectivity index (χ2n) is 9.08. The van der Waals surface area contributed by atoms with E-state index in [2.05, 4.69) is 15.5 Å². The van der Waals surface area contributed by atoms with Crippen molar-refractivity contribution in [1.82, 2.24) is 29.4 Å². The van der Waals surface area contributed by atoms with Gasteiger partial charge in [0.2, 0.25) is 5.43 Å². The highest BCUT2D eigenvalue weighted by Crippen LogP contribution is 2.24. The van der Waals surface area contributed by atoms with Crippen LogP contribution in [0.15, 0.2) is 34.0 Å². The third-order valence-electron chi connectivity index (χ3n) is 6.23. The first kappa shape index (κ1) is 26.1. The van der Waals surface area contributed by atoms with E-state index in [4.69, 9.17) is 9.47 Å². The Morgan fingerprint density at radius 2 is 2.03 bits per heavy atom. The van der Waals surface area contributed by atoms with E-state index in [9.17, 15) is 19.2 Å². The van der Waals surface area contributed by atoms with Crippen molar-refractivity contribution in [3.05, 3.63) is 62.1 Å². The molecule has 4 heterocycles. The Balaban J connectivity index is 1.43. The number of carbonyl (C=O) groups excluding carboxylic acids is 2. The van der Waals surface area contributed by atoms with Crippen molar-refractivity contribution in [2.24, 2.45) is 0 Å². The maximum atomic E-state index is 13.3. The molecule has 3 aromatic heterocycles. The van der Waals surface area contributed by atoms with Gasteiger partial charge in [0, 0.05) is 50.2 Å². The number of amides is 1. The molecule has 0 bridgehead atoms. The minimum atomic E-state index is -0.604. The predicted octanol–water partition coefficient (Wildman–Crippen LogP) is 1.17. The Kier molecular flexibility index (Phi) is 8.07. The summed E-state index contributed by atoms with van der Waals surface area (Å²) in [5, 5.41) is 9.33. The summed E-state index contributed by atoms with van der Waals surface area (Å²) in [7, 11) is 0. The highest BCUT2D eigenvalue weighted by Gasteiger charge is 2.32. The van der Waals surface area contributed by atoms with Gasteiger partial charge in [0.05, 0.1) is 6.61 Å². The van der Waals surface area contributed by atoms with Crippen molar-refractivity contribution in [1.29, 1.82) is 0 Å². The summed E-state index contributed by atoms with van der Waals surface area (Å²) >= 11 is 0. The third-order valence-corrected chi connectivity index (χ3v) is 6.23. The lowest BCUT2D eigenvalue weighted by Crippen LogP contribution is -2.46. The molecule has 198 valence electrons. The molecule has 0 radical (unpaired) electrons. The SMILES string of the molecule is CCCCOc1c2n(c(CNCCOC(=O)c3cccn4c(=O)[nH]nc34)cc1=O)CCN(C(C)C)C2=O. The van der Waals surface area contributed by atoms with Gasteiger partial charge in [-0.15, -0.1) is 0 Å². The fourth-order valence-corrected chi connectivity index (χ4v) is 4.29. The van der Waals surface area contributed by atoms with Gasteiger partial charge in [-0.3, -0.25) is 9.59 Å². The molecule has 0 saturated carbocycles. The summed E-state index contributed by atoms with van der Waals surface area (Å²) in [5.41, 5.74) is 0.542. The molecule has 2 N–H and O–H groups in total. The third kappa shape index (κ3) is 5.43. The first-order valence-corrected chi connectivity index (χ1v) is 12.5. The van der Waals surface area contributed by atoms with Crippen LogP contribution in [-0.4, -0.2) is 68.3 Å². The monoisotopic (exact) mass is 512 g/mol. The van der Waals surface area contributed by atoms with E-state index in [0.29, 0.717) is 38.5 Å². The van der Waals surface area contributed by atoms with Gasteiger partial charge in [0.1, 0.15) is 12.2 Å². The molecule has 0 fully saturated rings. The summed E-state index contributed by atoms with van der Waals surface area (Å²) in [6, 6.07) is 4.60. The summed E-state index contributed by atoms with van der Waals surface area (Å²) in [5.74, 6) is -0.714. The van der Waals surface area contributed by atoms with E-state index < -0.39 is 11.7 Å². The lowest BCUT2D eigenvalue weighted by molar-refractivity contribution is 0.0508. The molecule has 0 unspecified atom stereocenters. The van der Waals surface area contributed by atoms with Crippen molar-refractivity contribution in [3.63, 3.8) is 0 Å². The van der Waals surface area contributed by atoms with E-state index in [0.717, 1.165) is 12.8 Å². The van der Waals surface area contributed by atoms with Gasteiger partial charge in [-0.25, -0.2) is 19.1 Å². The average Bonchev–Trinajstić information content (AvgIpc) is 3.26. The predicted molar refractivity (Wildman–Crippen MR) is 135 cm³/mol. The number of fused-ring (bicyclic) bond motifs is 2. The molecule has 1 amide bonds. The number of nitrogens with one attached hydrogen (secondary N) is 2. The van der Waals surface area contributed by atoms with Gasteiger partial charge in [-0.2, -0.15) is 5.10 Å². The fourth-order valence-electron chi connectivity index (χ4n) is 4.29. The minimum absolute atomic E-state index is 0.00209. The number of ether oxygens (including phenoxy) is 2. The maximum absolute atomic E-state index is 13.3. The molecule has 12 nitrogen and oxygen atoms in total.